The van der Waals surface area contributed by atoms with E-state index in [1.165, 1.54) is 6.92 Å². The number of rotatable bonds is 22. The van der Waals surface area contributed by atoms with Crippen LogP contribution in [0.1, 0.15) is 114 Å². The zero-order chi connectivity index (χ0) is 86.8. The molecule has 42 nitrogen and oxygen atoms in total. The smallest absolute Gasteiger partial charge is 0.317 e. The quantitative estimate of drug-likeness (QED) is 0.0272. The van der Waals surface area contributed by atoms with Gasteiger partial charge in [0, 0.05) is 13.8 Å². The van der Waals surface area contributed by atoms with Gasteiger partial charge in [-0.2, -0.15) is 0 Å². The van der Waals surface area contributed by atoms with Crippen LogP contribution in [0.2, 0.25) is 0 Å². The molecule has 13 aliphatic rings. The number of fused-ring (bicyclic) bond motifs is 7. The average Bonchev–Trinajstić information content (AvgIpc) is 0.861. The van der Waals surface area contributed by atoms with Crippen molar-refractivity contribution in [1.82, 2.24) is 5.32 Å². The molecule has 0 bridgehead atoms. The molecule has 44 atom stereocenters. The van der Waals surface area contributed by atoms with Crippen LogP contribution in [0.5, 0.6) is 0 Å². The van der Waals surface area contributed by atoms with Crippen LogP contribution in [0.25, 0.3) is 0 Å². The molecule has 119 heavy (non-hydrogen) atoms. The maximum atomic E-state index is 16.2. The topological polar surface area (TPSA) is 645 Å². The largest absolute Gasteiger partial charge is 0.463 e. The SMILES string of the molecule is CC(=O)N[C@H]1[C@H](O[C@H]2CC[C@]3(C)[C@H]4CC=C5[C@H]6CC(C)(C)[C@@H](O)C[C@]6(C(=O)O[C@@H]6O[C@H](COC(C)=O)[C@@H](O[C@@H]7OC[C@@H](O)[C@H](O)[C@H]7O)[C@H](O)[C@H]6O[C@@H]6OC[C@@H](O)[C@H](O[C@@H]7OC[C@](O)(CO)[C@H]7O)[C@H]6O)[C@H](O)C[C@@]5(C)[C@]4(C)CC[C@H]3C2(C)C)O[C@H](CO[C@@H]2OC[C@H](O)[C@H](O[C@@H]3OC[C@@H](O)[C@H](O)[C@H]3O)[C@H]2O)[C@@H](O[C@@H]2O[C@H](CO)[C@@H](O)[C@H](O)[C@H]2O)[C@@H]1O. The number of aliphatic hydroxyl groups is 21. The lowest BCUT2D eigenvalue weighted by molar-refractivity contribution is -0.377. The summed E-state index contributed by atoms with van der Waals surface area (Å²) in [7, 11) is 0. The van der Waals surface area contributed by atoms with Gasteiger partial charge >= 0.3 is 11.9 Å². The van der Waals surface area contributed by atoms with Gasteiger partial charge in [-0.05, 0) is 96.2 Å². The number of carbonyl (C=O) groups is 3. The van der Waals surface area contributed by atoms with E-state index in [-0.39, 0.29) is 24.7 Å². The summed E-state index contributed by atoms with van der Waals surface area (Å²) in [6.45, 7) is 10.3. The molecule has 5 aliphatic carbocycles. The average molecular weight is 1720 g/mol. The molecule has 12 fully saturated rings. The first-order valence-electron chi connectivity index (χ1n) is 40.9. The molecule has 0 radical (unpaired) electrons. The second-order valence-corrected chi connectivity index (χ2v) is 36.9. The minimum atomic E-state index is -2.21. The van der Waals surface area contributed by atoms with Crippen LogP contribution >= 0.6 is 0 Å². The van der Waals surface area contributed by atoms with Gasteiger partial charge < -0.3 is 193 Å². The summed E-state index contributed by atoms with van der Waals surface area (Å²) in [4.78, 5) is 42.1. The Balaban J connectivity index is 0.774. The van der Waals surface area contributed by atoms with E-state index in [4.69, 9.17) is 80.5 Å². The molecule has 13 rings (SSSR count). The maximum absolute atomic E-state index is 16.2. The van der Waals surface area contributed by atoms with Crippen LogP contribution in [-0.2, 0) is 94.9 Å². The monoisotopic (exact) mass is 1720 g/mol. The van der Waals surface area contributed by atoms with Crippen molar-refractivity contribution in [2.24, 2.45) is 50.2 Å². The lowest BCUT2D eigenvalue weighted by Gasteiger charge is -2.72. The number of ether oxygens (including phenoxy) is 17. The van der Waals surface area contributed by atoms with Crippen LogP contribution in [0.4, 0.5) is 0 Å². The van der Waals surface area contributed by atoms with Gasteiger partial charge in [0.1, 0.15) is 164 Å². The van der Waals surface area contributed by atoms with Crippen molar-refractivity contribution in [3.8, 4) is 0 Å². The van der Waals surface area contributed by atoms with Crippen molar-refractivity contribution in [2.75, 3.05) is 59.5 Å². The van der Waals surface area contributed by atoms with Gasteiger partial charge in [-0.25, -0.2) is 0 Å². The standard InChI is InChI=1S/C77H123NO41/c1-28(81)78-44-48(92)58(117-67-52(96)49(93)47(91)36(19-79)110-67)38(25-108-63-54(98)56(34(85)22-104-63)114-64-50(94)45(89)32(83)20-105-64)111-62(44)113-43-13-14-73(7)39(72(43,5)6)12-15-74(8)40(73)11-10-30-31-16-71(3,4)41(87)18-77(31,42(88)17-75(30,74)9)70(101)119-68-60(118-66-55(99)57(35(86)23-107-66)115-69-61(100)76(102,26-80)27-109-69)53(97)59(37(112-68)24-103-29(2)82)116-65-51(95)46(90)33(84)21-106-65/h10,31-69,79-80,83-100,102H,11-27H2,1-9H3,(H,78,81)/t31-,32-,33-,34+,35-,36-,37-,38-,39+,40-,41+,42-,43+,44-,45+,46+,47-,48-,49+,50-,51-,52-,53+,54-,55-,56+,57+,58-,59-,60-,61+,62+,63+,64+,65+,66+,67+,68+,69+,73+,74-,75-,76-,77-/m1/s1. The van der Waals surface area contributed by atoms with Crippen molar-refractivity contribution in [3.63, 3.8) is 0 Å². The Kier molecular flexibility index (Phi) is 28.0. The molecular weight excluding hydrogens is 1590 g/mol. The third kappa shape index (κ3) is 17.0. The van der Waals surface area contributed by atoms with Crippen molar-refractivity contribution in [1.29, 1.82) is 0 Å². The van der Waals surface area contributed by atoms with Gasteiger partial charge in [-0.15, -0.1) is 0 Å². The molecule has 22 N–H and O–H groups in total. The van der Waals surface area contributed by atoms with Gasteiger partial charge in [0.05, 0.1) is 71.2 Å². The summed E-state index contributed by atoms with van der Waals surface area (Å²) in [6, 6.07) is -1.49. The number of hydrogen-bond acceptors (Lipinski definition) is 41. The first kappa shape index (κ1) is 93.4. The number of amides is 1. The van der Waals surface area contributed by atoms with Crippen molar-refractivity contribution in [3.05, 3.63) is 11.6 Å². The third-order valence-electron chi connectivity index (χ3n) is 28.9. The van der Waals surface area contributed by atoms with Crippen LogP contribution < -0.4 is 5.32 Å². The fourth-order valence-electron chi connectivity index (χ4n) is 21.6. The van der Waals surface area contributed by atoms with Crippen molar-refractivity contribution in [2.45, 2.75) is 340 Å². The highest BCUT2D eigenvalue weighted by atomic mass is 16.8. The Hall–Kier alpha value is -3.29. The van der Waals surface area contributed by atoms with Crippen LogP contribution in [-0.4, -0.2) is 411 Å². The number of allylic oxidation sites excluding steroid dienone is 2. The predicted octanol–water partition coefficient (Wildman–Crippen LogP) is -8.89. The van der Waals surface area contributed by atoms with Crippen LogP contribution in [0.3, 0.4) is 0 Å². The number of carbonyl (C=O) groups excluding carboxylic acids is 3. The van der Waals surface area contributed by atoms with E-state index in [0.29, 0.717) is 32.1 Å². The highest BCUT2D eigenvalue weighted by Gasteiger charge is 2.74. The van der Waals surface area contributed by atoms with Gasteiger partial charge in [-0.3, -0.25) is 14.4 Å². The maximum Gasteiger partial charge on any atom is 0.317 e. The highest BCUT2D eigenvalue weighted by Crippen LogP contribution is 2.76. The van der Waals surface area contributed by atoms with E-state index >= 15 is 4.79 Å². The van der Waals surface area contributed by atoms with Crippen molar-refractivity contribution < 1.29 is 202 Å². The number of aliphatic hydroxyl groups excluding tert-OH is 20. The highest BCUT2D eigenvalue weighted by molar-refractivity contribution is 5.80. The van der Waals surface area contributed by atoms with E-state index in [9.17, 15) is 117 Å². The lowest BCUT2D eigenvalue weighted by Crippen LogP contribution is -2.70. The second-order valence-electron chi connectivity index (χ2n) is 36.9. The van der Waals surface area contributed by atoms with Gasteiger partial charge in [0.2, 0.25) is 12.2 Å². The molecule has 8 saturated heterocycles. The number of esters is 2. The molecular formula is C77H123NO41. The second kappa shape index (κ2) is 35.7. The number of hydrogen-bond donors (Lipinski definition) is 22. The minimum Gasteiger partial charge on any atom is -0.463 e. The molecule has 0 aromatic rings. The predicted molar refractivity (Wildman–Crippen MR) is 387 cm³/mol. The Morgan fingerprint density at radius 3 is 1.61 bits per heavy atom. The van der Waals surface area contributed by atoms with E-state index in [1.54, 1.807) is 0 Å². The molecule has 0 spiro atoms. The van der Waals surface area contributed by atoms with E-state index < -0.39 is 349 Å². The van der Waals surface area contributed by atoms with E-state index in [1.807, 2.05) is 27.7 Å². The summed E-state index contributed by atoms with van der Waals surface area (Å²) < 4.78 is 102. The lowest BCUT2D eigenvalue weighted by atomic mass is 9.33. The summed E-state index contributed by atoms with van der Waals surface area (Å²) in [5.41, 5.74) is -7.29. The molecule has 0 aromatic carbocycles. The molecule has 8 heterocycles. The first-order chi connectivity index (χ1) is 55.8. The molecule has 1 amide bonds. The summed E-state index contributed by atoms with van der Waals surface area (Å²) >= 11 is 0. The third-order valence-corrected chi connectivity index (χ3v) is 28.9. The van der Waals surface area contributed by atoms with E-state index in [0.717, 1.165) is 12.5 Å². The van der Waals surface area contributed by atoms with E-state index in [2.05, 4.69) is 32.2 Å². The molecule has 682 valence electrons. The van der Waals surface area contributed by atoms with Crippen LogP contribution in [0, 0.1) is 50.2 Å². The van der Waals surface area contributed by atoms with Crippen LogP contribution in [0.15, 0.2) is 11.6 Å². The first-order valence-corrected chi connectivity index (χ1v) is 40.9. The molecule has 42 heteroatoms. The zero-order valence-corrected chi connectivity index (χ0v) is 67.7. The minimum absolute atomic E-state index is 0.0823. The van der Waals surface area contributed by atoms with Gasteiger partial charge in [-0.1, -0.05) is 60.1 Å². The van der Waals surface area contributed by atoms with Gasteiger partial charge in [0.15, 0.2) is 50.1 Å². The normalized spacial score (nSPS) is 52.3. The number of nitrogens with one attached hydrogen (secondary N) is 1. The Labute approximate surface area is 684 Å². The Morgan fingerprint density at radius 1 is 0.487 bits per heavy atom. The zero-order valence-electron chi connectivity index (χ0n) is 67.7. The molecule has 0 aromatic heterocycles. The molecule has 0 unspecified atom stereocenters. The molecule has 4 saturated carbocycles. The van der Waals surface area contributed by atoms with Gasteiger partial charge in [0.25, 0.3) is 0 Å². The summed E-state index contributed by atoms with van der Waals surface area (Å²) in [5.74, 6) is -3.91. The fraction of sp³-hybridized carbons (Fsp3) is 0.935. The molecule has 8 aliphatic heterocycles. The van der Waals surface area contributed by atoms with Crippen molar-refractivity contribution >= 4 is 17.8 Å². The Bertz CT molecular complexity index is 3510. The Morgan fingerprint density at radius 2 is 1.02 bits per heavy atom. The summed E-state index contributed by atoms with van der Waals surface area (Å²) in [5, 5.41) is 238. The fourth-order valence-corrected chi connectivity index (χ4v) is 21.6. The summed E-state index contributed by atoms with van der Waals surface area (Å²) in [6.07, 6.45) is -57.4.